The lowest BCUT2D eigenvalue weighted by molar-refractivity contribution is -0.368. The van der Waals surface area contributed by atoms with Crippen molar-refractivity contribution in [3.63, 3.8) is 0 Å². The molecule has 0 bridgehead atoms. The van der Waals surface area contributed by atoms with Crippen molar-refractivity contribution in [2.45, 2.75) is 38.5 Å². The number of hydrogen-bond donors (Lipinski definition) is 5. The molecule has 0 amide bonds. The quantitative estimate of drug-likeness (QED) is 0.152. The Morgan fingerprint density at radius 3 is 1.73 bits per heavy atom. The molecule has 0 rings (SSSR count). The van der Waals surface area contributed by atoms with Crippen molar-refractivity contribution in [1.82, 2.24) is 20.4 Å². The zero-order valence-corrected chi connectivity index (χ0v) is 17.6. The molecular weight excluding hydrogens is 326 g/mol. The average Bonchev–Trinajstić information content (AvgIpc) is 2.65. The summed E-state index contributed by atoms with van der Waals surface area (Å²) in [6.45, 7) is 13.2. The maximum absolute atomic E-state index is 5.69. The molecule has 0 aromatic heterocycles. The Bertz CT molecular complexity index is 258. The molecule has 7 heteroatoms. The van der Waals surface area contributed by atoms with Crippen LogP contribution in [-0.2, 0) is 0 Å². The van der Waals surface area contributed by atoms with Crippen LogP contribution in [0.5, 0.6) is 0 Å². The number of quaternary nitrogens is 2. The van der Waals surface area contributed by atoms with Crippen molar-refractivity contribution < 1.29 is 11.5 Å². The minimum absolute atomic E-state index is 0.790. The molecule has 10 N–H and O–H groups in total. The van der Waals surface area contributed by atoms with Gasteiger partial charge in [-0.05, 0) is 85.1 Å². The van der Waals surface area contributed by atoms with Gasteiger partial charge in [0.25, 0.3) is 0 Å². The lowest BCUT2D eigenvalue weighted by atomic mass is 10.2. The normalized spacial score (nSPS) is 11.8. The first-order chi connectivity index (χ1) is 12.8. The number of nitrogens with zero attached hydrogens (tertiary/aromatic N) is 2. The fourth-order valence-corrected chi connectivity index (χ4v) is 3.12. The number of hydrogen-bond acceptors (Lipinski definition) is 5. The van der Waals surface area contributed by atoms with Crippen LogP contribution in [0, 0.1) is 0 Å². The summed E-state index contributed by atoms with van der Waals surface area (Å²) in [5, 5.41) is 6.79. The molecule has 0 aromatic carbocycles. The zero-order chi connectivity index (χ0) is 19.3. The Kier molecular flexibility index (Phi) is 20.8. The van der Waals surface area contributed by atoms with Crippen LogP contribution in [-0.4, -0.2) is 95.4 Å². The topological polar surface area (TPSA) is 112 Å². The van der Waals surface area contributed by atoms with Gasteiger partial charge in [0.05, 0.1) is 13.1 Å². The first-order valence-corrected chi connectivity index (χ1v) is 10.9. The Balaban J connectivity index is 4.07. The molecule has 7 nitrogen and oxygen atoms in total. The molecule has 0 aliphatic heterocycles. The number of nitrogens with two attached hydrogens (primary N) is 1. The molecular formula is C19H49N7+2. The van der Waals surface area contributed by atoms with Gasteiger partial charge in [-0.15, -0.1) is 0 Å². The smallest absolute Gasteiger partial charge is 0.0752 e. The molecule has 0 aliphatic rings. The van der Waals surface area contributed by atoms with E-state index in [0.717, 1.165) is 52.2 Å². The molecule has 0 atom stereocenters. The molecule has 26 heavy (non-hydrogen) atoms. The molecule has 0 saturated carbocycles. The highest BCUT2D eigenvalue weighted by Gasteiger charge is 2.08. The van der Waals surface area contributed by atoms with Gasteiger partial charge in [0, 0.05) is 25.9 Å². The van der Waals surface area contributed by atoms with Gasteiger partial charge in [-0.25, -0.2) is 0 Å². The van der Waals surface area contributed by atoms with Gasteiger partial charge in [-0.3, -0.25) is 0 Å². The van der Waals surface area contributed by atoms with Crippen molar-refractivity contribution in [3.05, 3.63) is 0 Å². The summed E-state index contributed by atoms with van der Waals surface area (Å²) in [5.74, 6) is 0. The predicted octanol–water partition coefficient (Wildman–Crippen LogP) is -1.82. The fourth-order valence-electron chi connectivity index (χ4n) is 3.12. The minimum Gasteiger partial charge on any atom is -0.358 e. The van der Waals surface area contributed by atoms with Crippen LogP contribution in [0.4, 0.5) is 0 Å². The third kappa shape index (κ3) is 17.1. The van der Waals surface area contributed by atoms with E-state index in [1.165, 1.54) is 64.8 Å². The molecule has 0 aromatic rings. The van der Waals surface area contributed by atoms with Crippen molar-refractivity contribution in [3.8, 4) is 0 Å². The van der Waals surface area contributed by atoms with Crippen molar-refractivity contribution >= 4 is 0 Å². The van der Waals surface area contributed by atoms with Gasteiger partial charge in [0.2, 0.25) is 0 Å². The van der Waals surface area contributed by atoms with E-state index in [1.807, 2.05) is 7.05 Å². The highest BCUT2D eigenvalue weighted by molar-refractivity contribution is 4.64. The molecule has 0 fully saturated rings. The molecule has 0 heterocycles. The molecule has 0 saturated heterocycles. The summed E-state index contributed by atoms with van der Waals surface area (Å²) in [5.41, 5.74) is 13.5. The van der Waals surface area contributed by atoms with Crippen LogP contribution in [0.1, 0.15) is 38.5 Å². The summed E-state index contributed by atoms with van der Waals surface area (Å²) in [4.78, 5) is 5.22. The average molecular weight is 376 g/mol. The summed E-state index contributed by atoms with van der Waals surface area (Å²) in [6.07, 6.45) is 7.17. The van der Waals surface area contributed by atoms with Crippen LogP contribution in [0.15, 0.2) is 0 Å². The van der Waals surface area contributed by atoms with E-state index in [-0.39, 0.29) is 0 Å². The van der Waals surface area contributed by atoms with E-state index >= 15 is 0 Å². The molecule has 0 radical (unpaired) electrons. The van der Waals surface area contributed by atoms with Gasteiger partial charge in [-0.1, -0.05) is 0 Å². The first kappa shape index (κ1) is 25.7. The maximum atomic E-state index is 5.69. The van der Waals surface area contributed by atoms with E-state index in [4.69, 9.17) is 5.73 Å². The molecule has 158 valence electrons. The summed E-state index contributed by atoms with van der Waals surface area (Å²) < 4.78 is 0. The van der Waals surface area contributed by atoms with Gasteiger partial charge in [0.15, 0.2) is 0 Å². The van der Waals surface area contributed by atoms with Crippen molar-refractivity contribution in [2.24, 2.45) is 5.73 Å². The van der Waals surface area contributed by atoms with Crippen LogP contribution < -0.4 is 27.8 Å². The van der Waals surface area contributed by atoms with Gasteiger partial charge in [-0.2, -0.15) is 0 Å². The summed E-state index contributed by atoms with van der Waals surface area (Å²) in [6, 6.07) is 0. The second-order valence-corrected chi connectivity index (χ2v) is 7.15. The Hall–Kier alpha value is -0.280. The lowest BCUT2D eigenvalue weighted by Gasteiger charge is -2.26. The standard InChI is InChI=1S/C19H47N7/c1-23-11-5-16-26(17-6-13-24-12-2-8-20)19-7-18-25(14-3-9-21)15-4-10-22/h23-24H,2-22H2,1H3/p+2. The number of rotatable bonds is 21. The van der Waals surface area contributed by atoms with Crippen LogP contribution in [0.2, 0.25) is 0 Å². The molecule has 0 aliphatic carbocycles. The van der Waals surface area contributed by atoms with Crippen LogP contribution in [0.3, 0.4) is 0 Å². The first-order valence-electron chi connectivity index (χ1n) is 10.9. The van der Waals surface area contributed by atoms with Crippen molar-refractivity contribution in [1.29, 1.82) is 0 Å². The fraction of sp³-hybridized carbons (Fsp3) is 1.00. The second-order valence-electron chi connectivity index (χ2n) is 7.15. The highest BCUT2D eigenvalue weighted by Crippen LogP contribution is 2.00. The summed E-state index contributed by atoms with van der Waals surface area (Å²) in [7, 11) is 2.04. The van der Waals surface area contributed by atoms with E-state index < -0.39 is 0 Å². The van der Waals surface area contributed by atoms with Gasteiger partial charge in [0.1, 0.15) is 0 Å². The monoisotopic (exact) mass is 375 g/mol. The minimum atomic E-state index is 0.790. The van der Waals surface area contributed by atoms with E-state index in [1.54, 1.807) is 0 Å². The van der Waals surface area contributed by atoms with Crippen LogP contribution in [0.25, 0.3) is 0 Å². The molecule has 0 spiro atoms. The van der Waals surface area contributed by atoms with Gasteiger partial charge < -0.3 is 37.6 Å². The van der Waals surface area contributed by atoms with Gasteiger partial charge >= 0.3 is 0 Å². The van der Waals surface area contributed by atoms with E-state index in [9.17, 15) is 0 Å². The second kappa shape index (κ2) is 21.0. The van der Waals surface area contributed by atoms with Crippen LogP contribution >= 0.6 is 0 Å². The molecule has 0 unspecified atom stereocenters. The van der Waals surface area contributed by atoms with Crippen molar-refractivity contribution in [2.75, 3.05) is 85.6 Å². The SMILES string of the molecule is CNCCCN(CCCNCCC[NH3+])CCCN(CCCN)CCC[NH3+]. The third-order valence-electron chi connectivity index (χ3n) is 4.68. The van der Waals surface area contributed by atoms with E-state index in [0.29, 0.717) is 0 Å². The Morgan fingerprint density at radius 1 is 0.654 bits per heavy atom. The third-order valence-corrected chi connectivity index (χ3v) is 4.68. The predicted molar refractivity (Wildman–Crippen MR) is 112 cm³/mol. The largest absolute Gasteiger partial charge is 0.358 e. The van der Waals surface area contributed by atoms with E-state index in [2.05, 4.69) is 31.9 Å². The maximum Gasteiger partial charge on any atom is 0.0752 e. The zero-order valence-electron chi connectivity index (χ0n) is 17.6. The Labute approximate surface area is 162 Å². The lowest BCUT2D eigenvalue weighted by Crippen LogP contribution is -2.51. The summed E-state index contributed by atoms with van der Waals surface area (Å²) >= 11 is 0. The number of nitrogens with one attached hydrogen (secondary N) is 2. The highest BCUT2D eigenvalue weighted by atomic mass is 15.1. The Morgan fingerprint density at radius 2 is 1.15 bits per heavy atom.